The summed E-state index contributed by atoms with van der Waals surface area (Å²) in [6, 6.07) is 0. The Labute approximate surface area is 369 Å². The Kier molecular flexibility index (Phi) is 28.0. The summed E-state index contributed by atoms with van der Waals surface area (Å²) in [5.41, 5.74) is -24.8. The van der Waals surface area contributed by atoms with Gasteiger partial charge in [0, 0.05) is 31.1 Å². The minimum absolute atomic E-state index is 0. The van der Waals surface area contributed by atoms with Gasteiger partial charge >= 0.3 is 22.0 Å². The van der Waals surface area contributed by atoms with Crippen molar-refractivity contribution in [3.05, 3.63) is 64.4 Å². The van der Waals surface area contributed by atoms with E-state index >= 15 is 0 Å². The van der Waals surface area contributed by atoms with Crippen LogP contribution in [0, 0.1) is 31.1 Å². The largest absolute Gasteiger partial charge is 2.00 e. The van der Waals surface area contributed by atoms with E-state index in [0.717, 1.165) is 8.25 Å². The molecule has 41 heteroatoms. The second-order valence-electron chi connectivity index (χ2n) is 10.2. The van der Waals surface area contributed by atoms with Crippen LogP contribution < -0.4 is 29.0 Å². The summed E-state index contributed by atoms with van der Waals surface area (Å²) in [6.45, 7) is -0.248. The number of sulfonamides is 4. The first kappa shape index (κ1) is 68.0. The van der Waals surface area contributed by atoms with Crippen molar-refractivity contribution in [2.24, 2.45) is 21.1 Å². The van der Waals surface area contributed by atoms with Crippen LogP contribution in [0.15, 0.2) is 56.2 Å². The molecule has 3 rings (SSSR count). The summed E-state index contributed by atoms with van der Waals surface area (Å²) in [6.07, 6.45) is 15.4. The molecule has 0 saturated carbocycles. The third-order valence-electron chi connectivity index (χ3n) is 4.97. The standard InChI is InChI=1S/3C6H8N2O2.2C2F6NO4S2.2O.U/c3*1-7-2-3-8(5-7)4-6(9)10;2*3-1(4,5)14(10,11)9-15(12,13)2(6,7)8;;;/h3*2-3,5H,4H2,1H3;;;;;/q;;;2*-1;2*-2;. The average Bonchev–Trinajstić information content (AvgIpc) is 3.71. The van der Waals surface area contributed by atoms with E-state index in [9.17, 15) is 116 Å². The Balaban J connectivity index is -0.000000222. The fourth-order valence-corrected chi connectivity index (χ4v) is 6.08. The van der Waals surface area contributed by atoms with Crippen LogP contribution in [-0.2, 0) is 106 Å². The number of carbonyl (C=O) groups excluding carboxylic acids is 3. The second-order valence-corrected chi connectivity index (χ2v) is 17.0. The molecule has 0 spiro atoms. The summed E-state index contributed by atoms with van der Waals surface area (Å²) in [7, 11) is -21.4. The number of carboxylic acids is 3. The number of aryl methyl sites for hydroxylation is 3. The maximum atomic E-state index is 11.4. The summed E-state index contributed by atoms with van der Waals surface area (Å²) < 4.78 is 228. The van der Waals surface area contributed by atoms with Crippen LogP contribution in [0.1, 0.15) is 0 Å². The third-order valence-corrected chi connectivity index (χ3v) is 10.4. The minimum atomic E-state index is -6.72. The molecule has 0 aliphatic rings. The van der Waals surface area contributed by atoms with Gasteiger partial charge in [0.05, 0.1) is 39.1 Å². The Bertz CT molecular complexity index is 2070. The number of hydrogen-bond acceptors (Lipinski definition) is 14. The van der Waals surface area contributed by atoms with Crippen molar-refractivity contribution in [1.82, 2.24) is 13.7 Å². The number of aliphatic carboxylic acids is 3. The molecular weight excluding hydrogens is 1230 g/mol. The Morgan fingerprint density at radius 1 is 0.460 bits per heavy atom. The van der Waals surface area contributed by atoms with Crippen molar-refractivity contribution in [2.75, 3.05) is 0 Å². The predicted molar refractivity (Wildman–Crippen MR) is 160 cm³/mol. The van der Waals surface area contributed by atoms with Gasteiger partial charge in [-0.25, -0.2) is 61.1 Å². The molecule has 0 aliphatic carbocycles. The van der Waals surface area contributed by atoms with Crippen LogP contribution in [0.25, 0.3) is 8.25 Å². The summed E-state index contributed by atoms with van der Waals surface area (Å²) >= 11 is 0. The molecule has 0 N–H and O–H groups in total. The molecule has 24 nitrogen and oxygen atoms in total. The summed E-state index contributed by atoms with van der Waals surface area (Å²) in [5, 5.41) is 30.1. The van der Waals surface area contributed by atoms with E-state index in [1.807, 2.05) is 21.1 Å². The molecule has 63 heavy (non-hydrogen) atoms. The maximum Gasteiger partial charge on any atom is 0.480 e. The molecule has 366 valence electrons. The van der Waals surface area contributed by atoms with Gasteiger partial charge in [0.15, 0.2) is 40.1 Å². The zero-order valence-corrected chi connectivity index (χ0v) is 38.0. The number of nitrogens with zero attached hydrogens (tertiary/aromatic N) is 8. The fraction of sp³-hybridized carbons (Fsp3) is 0.455. The van der Waals surface area contributed by atoms with Crippen LogP contribution in [-0.4, -0.2) is 87.3 Å². The number of carboxylic acid groups (broad SMARTS) is 3. The van der Waals surface area contributed by atoms with Gasteiger partial charge in [0.25, 0.3) is 0 Å². The molecule has 3 heterocycles. The van der Waals surface area contributed by atoms with E-state index in [2.05, 4.69) is 0 Å². The number of aromatic nitrogens is 6. The van der Waals surface area contributed by atoms with Crippen LogP contribution in [0.2, 0.25) is 0 Å². The fourth-order valence-electron chi connectivity index (χ4n) is 2.66. The zero-order valence-electron chi connectivity index (χ0n) is 30.6. The van der Waals surface area contributed by atoms with Crippen molar-refractivity contribution in [3.63, 3.8) is 0 Å². The Morgan fingerprint density at radius 3 is 0.714 bits per heavy atom. The molecule has 0 atom stereocenters. The molecule has 3 aromatic heterocycles. The first-order valence-electron chi connectivity index (χ1n) is 13.8. The molecule has 0 saturated heterocycles. The van der Waals surface area contributed by atoms with E-state index < -0.39 is 80.0 Å². The molecule has 0 aliphatic heterocycles. The van der Waals surface area contributed by atoms with Gasteiger partial charge in [-0.05, 0) is 0 Å². The molecule has 0 bridgehead atoms. The number of hydrogen-bond donors (Lipinski definition) is 0. The van der Waals surface area contributed by atoms with Crippen LogP contribution >= 0.6 is 0 Å². The van der Waals surface area contributed by atoms with Gasteiger partial charge in [-0.1, -0.05) is 0 Å². The van der Waals surface area contributed by atoms with Gasteiger partial charge in [0.2, 0.25) is 19.0 Å². The van der Waals surface area contributed by atoms with Crippen molar-refractivity contribution in [1.29, 1.82) is 0 Å². The maximum absolute atomic E-state index is 11.4. The van der Waals surface area contributed by atoms with Crippen molar-refractivity contribution in [2.45, 2.75) is 41.7 Å². The van der Waals surface area contributed by atoms with E-state index in [1.54, 1.807) is 69.9 Å². The van der Waals surface area contributed by atoms with Gasteiger partial charge < -0.3 is 48.9 Å². The number of halogens is 12. The first-order chi connectivity index (χ1) is 26.5. The molecular formula is C22H24F12N8O16S4U-6. The predicted octanol–water partition coefficient (Wildman–Crippen LogP) is -3.93. The monoisotopic (exact) mass is 1250 g/mol. The third kappa shape index (κ3) is 26.3. The van der Waals surface area contributed by atoms with E-state index in [4.69, 9.17) is 0 Å². The topological polar surface area (TPSA) is 369 Å². The average molecular weight is 1250 g/mol. The smallest absolute Gasteiger partial charge is 0.480 e. The van der Waals surface area contributed by atoms with Crippen LogP contribution in [0.4, 0.5) is 52.7 Å². The quantitative estimate of drug-likeness (QED) is 0.138. The molecule has 0 unspecified atom stereocenters. The van der Waals surface area contributed by atoms with E-state index in [1.165, 1.54) is 13.7 Å². The molecule has 0 amide bonds. The molecule has 0 aromatic carbocycles. The number of rotatable bonds is 10. The number of alkyl halides is 12. The normalized spacial score (nSPS) is 11.9. The summed E-state index contributed by atoms with van der Waals surface area (Å²) in [4.78, 5) is 30.1. The van der Waals surface area contributed by atoms with Crippen LogP contribution in [0.5, 0.6) is 0 Å². The van der Waals surface area contributed by atoms with Gasteiger partial charge in [-0.3, -0.25) is 0 Å². The molecule has 0 radical (unpaired) electrons. The molecule has 0 fully saturated rings. The first-order valence-corrected chi connectivity index (χ1v) is 19.6. The van der Waals surface area contributed by atoms with Gasteiger partial charge in [-0.2, -0.15) is 52.7 Å². The number of imidazole rings is 3. The van der Waals surface area contributed by atoms with Crippen molar-refractivity contribution in [3.8, 4) is 0 Å². The van der Waals surface area contributed by atoms with Crippen LogP contribution in [0.3, 0.4) is 0 Å². The number of carbonyl (C=O) groups is 3. The van der Waals surface area contributed by atoms with Gasteiger partial charge in [0.1, 0.15) is 56.8 Å². The van der Waals surface area contributed by atoms with E-state index in [-0.39, 0.29) is 61.7 Å². The Hall–Kier alpha value is -4.11. The van der Waals surface area contributed by atoms with Gasteiger partial charge in [-0.15, -0.1) is 0 Å². The Morgan fingerprint density at radius 2 is 0.619 bits per heavy atom. The minimum Gasteiger partial charge on any atom is -2.00 e. The molecule has 3 aromatic rings. The summed E-state index contributed by atoms with van der Waals surface area (Å²) in [5.74, 6) is -3.22. The second kappa shape index (κ2) is 26.0. The van der Waals surface area contributed by atoms with E-state index in [0.29, 0.717) is 0 Å². The zero-order chi connectivity index (χ0) is 48.1. The van der Waals surface area contributed by atoms with Crippen molar-refractivity contribution >= 4 is 58.0 Å². The van der Waals surface area contributed by atoms with Crippen molar-refractivity contribution < 1.29 is 172 Å². The SMILES string of the molecule is C[n+]1ccn(CC(=O)[O-])c1.C[n+]1ccn(CC(=O)[O-])c1.C[n+]1ccn(CC(=O)[O-])c1.O=S(=O)([N-]S(=O)(=O)C(F)(F)F)C(F)(F)F.O=S(=O)([N-]S(=O)(=O)C(F)(F)F)C(F)(F)F.[O-2].[O-2].[U].